The van der Waals surface area contributed by atoms with Gasteiger partial charge in [0, 0.05) is 29.9 Å². The summed E-state index contributed by atoms with van der Waals surface area (Å²) in [5.41, 5.74) is 0.950. The standard InChI is InChI=1S/C13H20BrNO2/c1-13(2,17-4)5-6-15-11-7-10(14)8-12(9-11)16-3/h7-9,15H,5-6H2,1-4H3. The summed E-state index contributed by atoms with van der Waals surface area (Å²) in [5, 5.41) is 3.36. The average Bonchev–Trinajstić information content (AvgIpc) is 2.28. The smallest absolute Gasteiger partial charge is 0.122 e. The van der Waals surface area contributed by atoms with Crippen molar-refractivity contribution in [3.8, 4) is 5.75 Å². The van der Waals surface area contributed by atoms with Gasteiger partial charge in [-0.3, -0.25) is 0 Å². The van der Waals surface area contributed by atoms with E-state index in [-0.39, 0.29) is 5.60 Å². The van der Waals surface area contributed by atoms with E-state index in [1.807, 2.05) is 18.2 Å². The summed E-state index contributed by atoms with van der Waals surface area (Å²) in [4.78, 5) is 0. The lowest BCUT2D eigenvalue weighted by atomic mass is 10.1. The molecule has 0 saturated heterocycles. The molecule has 0 spiro atoms. The van der Waals surface area contributed by atoms with Gasteiger partial charge in [0.15, 0.2) is 0 Å². The van der Waals surface area contributed by atoms with Crippen LogP contribution in [0.2, 0.25) is 0 Å². The van der Waals surface area contributed by atoms with Crippen molar-refractivity contribution in [2.24, 2.45) is 0 Å². The van der Waals surface area contributed by atoms with Crippen LogP contribution in [0.15, 0.2) is 22.7 Å². The van der Waals surface area contributed by atoms with Gasteiger partial charge in [-0.05, 0) is 32.4 Å². The summed E-state index contributed by atoms with van der Waals surface area (Å²) in [6.07, 6.45) is 0.943. The van der Waals surface area contributed by atoms with E-state index in [0.29, 0.717) is 0 Å². The molecule has 4 heteroatoms. The van der Waals surface area contributed by atoms with E-state index < -0.39 is 0 Å². The summed E-state index contributed by atoms with van der Waals surface area (Å²) in [6.45, 7) is 5.02. The SMILES string of the molecule is COc1cc(Br)cc(NCCC(C)(C)OC)c1. The second kappa shape index (κ2) is 6.26. The Morgan fingerprint density at radius 2 is 1.94 bits per heavy atom. The van der Waals surface area contributed by atoms with Crippen LogP contribution in [0.4, 0.5) is 5.69 Å². The molecule has 0 heterocycles. The summed E-state index contributed by atoms with van der Waals surface area (Å²) in [6, 6.07) is 5.94. The third-order valence-corrected chi connectivity index (χ3v) is 3.17. The number of methoxy groups -OCH3 is 2. The van der Waals surface area contributed by atoms with Crippen molar-refractivity contribution in [2.75, 3.05) is 26.1 Å². The van der Waals surface area contributed by atoms with Gasteiger partial charge in [-0.2, -0.15) is 0 Å². The summed E-state index contributed by atoms with van der Waals surface area (Å²) >= 11 is 3.45. The van der Waals surface area contributed by atoms with E-state index in [4.69, 9.17) is 9.47 Å². The van der Waals surface area contributed by atoms with Crippen LogP contribution in [-0.4, -0.2) is 26.4 Å². The van der Waals surface area contributed by atoms with Gasteiger partial charge in [-0.15, -0.1) is 0 Å². The number of halogens is 1. The summed E-state index contributed by atoms with van der Waals surface area (Å²) < 4.78 is 11.6. The maximum absolute atomic E-state index is 5.37. The van der Waals surface area contributed by atoms with Gasteiger partial charge in [0.25, 0.3) is 0 Å². The van der Waals surface area contributed by atoms with Gasteiger partial charge in [0.05, 0.1) is 12.7 Å². The number of hydrogen-bond acceptors (Lipinski definition) is 3. The van der Waals surface area contributed by atoms with Crippen LogP contribution in [0.5, 0.6) is 5.75 Å². The molecule has 96 valence electrons. The minimum absolute atomic E-state index is 0.0941. The van der Waals surface area contributed by atoms with Crippen LogP contribution in [-0.2, 0) is 4.74 Å². The second-order valence-electron chi connectivity index (χ2n) is 4.52. The maximum atomic E-state index is 5.37. The van der Waals surface area contributed by atoms with Crippen molar-refractivity contribution in [1.29, 1.82) is 0 Å². The topological polar surface area (TPSA) is 30.5 Å². The molecule has 0 aliphatic heterocycles. The monoisotopic (exact) mass is 301 g/mol. The van der Waals surface area contributed by atoms with E-state index in [2.05, 4.69) is 35.1 Å². The average molecular weight is 302 g/mol. The number of anilines is 1. The largest absolute Gasteiger partial charge is 0.497 e. The molecule has 0 aromatic heterocycles. The number of hydrogen-bond donors (Lipinski definition) is 1. The highest BCUT2D eigenvalue weighted by Crippen LogP contribution is 2.24. The molecule has 0 unspecified atom stereocenters. The number of rotatable bonds is 6. The minimum Gasteiger partial charge on any atom is -0.497 e. The first-order chi connectivity index (χ1) is 7.96. The molecule has 1 rings (SSSR count). The van der Waals surface area contributed by atoms with Crippen molar-refractivity contribution in [3.63, 3.8) is 0 Å². The van der Waals surface area contributed by atoms with Crippen LogP contribution in [0.1, 0.15) is 20.3 Å². The van der Waals surface area contributed by atoms with Crippen LogP contribution >= 0.6 is 15.9 Å². The molecule has 17 heavy (non-hydrogen) atoms. The number of ether oxygens (including phenoxy) is 2. The number of benzene rings is 1. The van der Waals surface area contributed by atoms with Gasteiger partial charge in [-0.1, -0.05) is 15.9 Å². The van der Waals surface area contributed by atoms with Gasteiger partial charge in [0.2, 0.25) is 0 Å². The molecule has 0 aliphatic carbocycles. The molecule has 0 fully saturated rings. The highest BCUT2D eigenvalue weighted by Gasteiger charge is 2.15. The van der Waals surface area contributed by atoms with Crippen LogP contribution in [0.25, 0.3) is 0 Å². The molecule has 0 saturated carbocycles. The highest BCUT2D eigenvalue weighted by atomic mass is 79.9. The maximum Gasteiger partial charge on any atom is 0.122 e. The first kappa shape index (κ1) is 14.3. The molecule has 1 aromatic rings. The Bertz CT molecular complexity index is 366. The Morgan fingerprint density at radius 1 is 1.24 bits per heavy atom. The number of nitrogens with one attached hydrogen (secondary N) is 1. The third kappa shape index (κ3) is 4.96. The van der Waals surface area contributed by atoms with Crippen molar-refractivity contribution < 1.29 is 9.47 Å². The van der Waals surface area contributed by atoms with Gasteiger partial charge >= 0.3 is 0 Å². The van der Waals surface area contributed by atoms with Crippen molar-refractivity contribution in [2.45, 2.75) is 25.9 Å². The Balaban J connectivity index is 2.55. The minimum atomic E-state index is -0.0941. The molecule has 0 bridgehead atoms. The zero-order valence-corrected chi connectivity index (χ0v) is 12.4. The zero-order valence-electron chi connectivity index (χ0n) is 10.8. The summed E-state index contributed by atoms with van der Waals surface area (Å²) in [5.74, 6) is 0.841. The highest BCUT2D eigenvalue weighted by molar-refractivity contribution is 9.10. The van der Waals surface area contributed by atoms with E-state index in [0.717, 1.165) is 28.9 Å². The predicted molar refractivity (Wildman–Crippen MR) is 74.9 cm³/mol. The normalized spacial score (nSPS) is 11.4. The first-order valence-corrected chi connectivity index (χ1v) is 6.40. The molecule has 0 amide bonds. The lowest BCUT2D eigenvalue weighted by Crippen LogP contribution is -2.25. The van der Waals surface area contributed by atoms with Gasteiger partial charge in [-0.25, -0.2) is 0 Å². The van der Waals surface area contributed by atoms with E-state index in [1.165, 1.54) is 0 Å². The van der Waals surface area contributed by atoms with Crippen LogP contribution in [0, 0.1) is 0 Å². The first-order valence-electron chi connectivity index (χ1n) is 5.60. The quantitative estimate of drug-likeness (QED) is 0.869. The molecule has 1 aromatic carbocycles. The Labute approximate surface area is 112 Å². The molecular weight excluding hydrogens is 282 g/mol. The lowest BCUT2D eigenvalue weighted by molar-refractivity contribution is 0.0185. The van der Waals surface area contributed by atoms with E-state index >= 15 is 0 Å². The van der Waals surface area contributed by atoms with Crippen LogP contribution < -0.4 is 10.1 Å². The fourth-order valence-electron chi connectivity index (χ4n) is 1.39. The molecular formula is C13H20BrNO2. The molecule has 3 nitrogen and oxygen atoms in total. The molecule has 1 N–H and O–H groups in total. The zero-order chi connectivity index (χ0) is 12.9. The van der Waals surface area contributed by atoms with Gasteiger partial charge in [0.1, 0.15) is 5.75 Å². The van der Waals surface area contributed by atoms with Crippen molar-refractivity contribution in [1.82, 2.24) is 0 Å². The second-order valence-corrected chi connectivity index (χ2v) is 5.44. The fourth-order valence-corrected chi connectivity index (χ4v) is 1.86. The van der Waals surface area contributed by atoms with E-state index in [9.17, 15) is 0 Å². The third-order valence-electron chi connectivity index (χ3n) is 2.72. The summed E-state index contributed by atoms with van der Waals surface area (Å²) in [7, 11) is 3.40. The van der Waals surface area contributed by atoms with Gasteiger partial charge < -0.3 is 14.8 Å². The fraction of sp³-hybridized carbons (Fsp3) is 0.538. The Hall–Kier alpha value is -0.740. The molecule has 0 atom stereocenters. The predicted octanol–water partition coefficient (Wildman–Crippen LogP) is 3.68. The van der Waals surface area contributed by atoms with Crippen molar-refractivity contribution in [3.05, 3.63) is 22.7 Å². The van der Waals surface area contributed by atoms with Crippen LogP contribution in [0.3, 0.4) is 0 Å². The van der Waals surface area contributed by atoms with Crippen molar-refractivity contribution >= 4 is 21.6 Å². The Morgan fingerprint density at radius 3 is 2.53 bits per heavy atom. The van der Waals surface area contributed by atoms with E-state index in [1.54, 1.807) is 14.2 Å². The Kier molecular flexibility index (Phi) is 5.28. The lowest BCUT2D eigenvalue weighted by Gasteiger charge is -2.23. The molecule has 0 aliphatic rings. The molecule has 0 radical (unpaired) electrons.